The van der Waals surface area contributed by atoms with Crippen molar-refractivity contribution in [2.75, 3.05) is 6.54 Å². The number of hydrogen-bond donors (Lipinski definition) is 1. The molecule has 1 aliphatic carbocycles. The highest BCUT2D eigenvalue weighted by molar-refractivity contribution is 5.86. The second kappa shape index (κ2) is 4.97. The Morgan fingerprint density at radius 2 is 1.88 bits per heavy atom. The third-order valence-electron chi connectivity index (χ3n) is 4.96. The second-order valence-electron chi connectivity index (χ2n) is 5.76. The van der Waals surface area contributed by atoms with Gasteiger partial charge in [-0.05, 0) is 38.0 Å². The zero-order valence-electron chi connectivity index (χ0n) is 11.2. The normalized spacial score (nSPS) is 29.2. The molecule has 1 heterocycles. The summed E-state index contributed by atoms with van der Waals surface area (Å²) in [5.41, 5.74) is 5.63. The average molecular weight is 238 g/mol. The Morgan fingerprint density at radius 3 is 2.53 bits per heavy atom. The summed E-state index contributed by atoms with van der Waals surface area (Å²) in [6, 6.07) is 0.497. The fourth-order valence-electron chi connectivity index (χ4n) is 3.50. The van der Waals surface area contributed by atoms with Crippen LogP contribution in [0.4, 0.5) is 0 Å². The number of rotatable bonds is 3. The van der Waals surface area contributed by atoms with Gasteiger partial charge in [0.25, 0.3) is 0 Å². The highest BCUT2D eigenvalue weighted by Crippen LogP contribution is 2.37. The van der Waals surface area contributed by atoms with E-state index in [4.69, 9.17) is 5.73 Å². The molecule has 0 bridgehead atoms. The van der Waals surface area contributed by atoms with Crippen LogP contribution in [0.15, 0.2) is 0 Å². The summed E-state index contributed by atoms with van der Waals surface area (Å²) in [7, 11) is 0. The van der Waals surface area contributed by atoms with E-state index in [0.717, 1.165) is 25.3 Å². The van der Waals surface area contributed by atoms with Crippen molar-refractivity contribution in [3.05, 3.63) is 0 Å². The van der Waals surface area contributed by atoms with Gasteiger partial charge < -0.3 is 10.6 Å². The minimum Gasteiger partial charge on any atom is -0.338 e. The van der Waals surface area contributed by atoms with Gasteiger partial charge in [0, 0.05) is 12.6 Å². The van der Waals surface area contributed by atoms with E-state index in [-0.39, 0.29) is 5.91 Å². The van der Waals surface area contributed by atoms with Gasteiger partial charge >= 0.3 is 0 Å². The van der Waals surface area contributed by atoms with Crippen LogP contribution in [0.5, 0.6) is 0 Å². The van der Waals surface area contributed by atoms with E-state index in [9.17, 15) is 4.79 Å². The molecule has 2 unspecified atom stereocenters. The molecule has 1 saturated carbocycles. The molecule has 2 rings (SSSR count). The van der Waals surface area contributed by atoms with E-state index < -0.39 is 5.54 Å². The maximum atomic E-state index is 12.6. The zero-order chi connectivity index (χ0) is 12.5. The molecular weight excluding hydrogens is 212 g/mol. The number of nitrogens with zero attached hydrogens (tertiary/aromatic N) is 1. The van der Waals surface area contributed by atoms with E-state index in [1.807, 2.05) is 13.8 Å². The molecule has 2 fully saturated rings. The van der Waals surface area contributed by atoms with E-state index >= 15 is 0 Å². The van der Waals surface area contributed by atoms with Crippen LogP contribution in [0.2, 0.25) is 0 Å². The lowest BCUT2D eigenvalue weighted by atomic mass is 9.84. The first-order valence-corrected chi connectivity index (χ1v) is 7.22. The van der Waals surface area contributed by atoms with Crippen molar-refractivity contribution < 1.29 is 4.79 Å². The van der Waals surface area contributed by atoms with Crippen molar-refractivity contribution in [2.45, 2.75) is 70.4 Å². The Labute approximate surface area is 105 Å². The first-order valence-electron chi connectivity index (χ1n) is 7.22. The summed E-state index contributed by atoms with van der Waals surface area (Å²) in [6.07, 6.45) is 7.82. The summed E-state index contributed by atoms with van der Waals surface area (Å²) in [4.78, 5) is 14.7. The third-order valence-corrected chi connectivity index (χ3v) is 4.96. The number of hydrogen-bond acceptors (Lipinski definition) is 2. The standard InChI is InChI=1S/C14H26N2O/c1-3-14(15,4-2)13(17)16-10-9-11-7-5-6-8-12(11)16/h11-12H,3-10,15H2,1-2H3. The highest BCUT2D eigenvalue weighted by atomic mass is 16.2. The molecule has 3 nitrogen and oxygen atoms in total. The number of amides is 1. The van der Waals surface area contributed by atoms with Crippen LogP contribution in [0.3, 0.4) is 0 Å². The lowest BCUT2D eigenvalue weighted by molar-refractivity contribution is -0.139. The zero-order valence-corrected chi connectivity index (χ0v) is 11.2. The summed E-state index contributed by atoms with van der Waals surface area (Å²) < 4.78 is 0. The monoisotopic (exact) mass is 238 g/mol. The SMILES string of the molecule is CCC(N)(CC)C(=O)N1CCC2CCCCC21. The number of fused-ring (bicyclic) bond motifs is 1. The molecule has 0 radical (unpaired) electrons. The van der Waals surface area contributed by atoms with E-state index in [1.165, 1.54) is 32.1 Å². The molecule has 1 saturated heterocycles. The maximum absolute atomic E-state index is 12.6. The Hall–Kier alpha value is -0.570. The molecule has 0 aromatic carbocycles. The van der Waals surface area contributed by atoms with Crippen molar-refractivity contribution in [3.63, 3.8) is 0 Å². The van der Waals surface area contributed by atoms with Crippen molar-refractivity contribution >= 4 is 5.91 Å². The van der Waals surface area contributed by atoms with E-state index in [0.29, 0.717) is 6.04 Å². The van der Waals surface area contributed by atoms with Crippen molar-refractivity contribution in [1.29, 1.82) is 0 Å². The van der Waals surface area contributed by atoms with E-state index in [2.05, 4.69) is 4.90 Å². The number of carbonyl (C=O) groups is 1. The summed E-state index contributed by atoms with van der Waals surface area (Å²) >= 11 is 0. The molecular formula is C14H26N2O. The minimum absolute atomic E-state index is 0.205. The predicted molar refractivity (Wildman–Crippen MR) is 69.6 cm³/mol. The van der Waals surface area contributed by atoms with Crippen molar-refractivity contribution in [2.24, 2.45) is 11.7 Å². The first-order chi connectivity index (χ1) is 8.12. The molecule has 1 amide bonds. The molecule has 2 N–H and O–H groups in total. The van der Waals surface area contributed by atoms with Gasteiger partial charge in [-0.15, -0.1) is 0 Å². The lowest BCUT2D eigenvalue weighted by Crippen LogP contribution is -2.56. The number of likely N-dealkylation sites (tertiary alicyclic amines) is 1. The Balaban J connectivity index is 2.09. The first kappa shape index (κ1) is 12.9. The molecule has 17 heavy (non-hydrogen) atoms. The van der Waals surface area contributed by atoms with Crippen LogP contribution < -0.4 is 5.73 Å². The van der Waals surface area contributed by atoms with Crippen molar-refractivity contribution in [1.82, 2.24) is 4.90 Å². The maximum Gasteiger partial charge on any atom is 0.242 e. The summed E-state index contributed by atoms with van der Waals surface area (Å²) in [5, 5.41) is 0. The van der Waals surface area contributed by atoms with Gasteiger partial charge in [-0.1, -0.05) is 26.7 Å². The molecule has 2 atom stereocenters. The molecule has 3 heteroatoms. The van der Waals surface area contributed by atoms with Crippen LogP contribution in [-0.4, -0.2) is 28.9 Å². The second-order valence-corrected chi connectivity index (χ2v) is 5.76. The summed E-state index contributed by atoms with van der Waals surface area (Å²) in [5.74, 6) is 0.961. The van der Waals surface area contributed by atoms with E-state index in [1.54, 1.807) is 0 Å². The third kappa shape index (κ3) is 2.22. The van der Waals surface area contributed by atoms with Gasteiger partial charge in [0.1, 0.15) is 0 Å². The highest BCUT2D eigenvalue weighted by Gasteiger charge is 2.43. The van der Waals surface area contributed by atoms with Gasteiger partial charge in [-0.3, -0.25) is 4.79 Å². The quantitative estimate of drug-likeness (QED) is 0.820. The largest absolute Gasteiger partial charge is 0.338 e. The fraction of sp³-hybridized carbons (Fsp3) is 0.929. The fourth-order valence-corrected chi connectivity index (χ4v) is 3.50. The molecule has 0 spiro atoms. The van der Waals surface area contributed by atoms with Gasteiger partial charge in [-0.25, -0.2) is 0 Å². The topological polar surface area (TPSA) is 46.3 Å². The Kier molecular flexibility index (Phi) is 3.76. The van der Waals surface area contributed by atoms with Crippen LogP contribution in [0.25, 0.3) is 0 Å². The van der Waals surface area contributed by atoms with Crippen LogP contribution >= 0.6 is 0 Å². The Morgan fingerprint density at radius 1 is 1.24 bits per heavy atom. The number of carbonyl (C=O) groups excluding carboxylic acids is 1. The molecule has 1 aliphatic heterocycles. The average Bonchev–Trinajstić information content (AvgIpc) is 2.80. The molecule has 2 aliphatic rings. The minimum atomic E-state index is -0.619. The van der Waals surface area contributed by atoms with Crippen LogP contribution in [0, 0.1) is 5.92 Å². The van der Waals surface area contributed by atoms with Gasteiger partial charge in [0.15, 0.2) is 0 Å². The van der Waals surface area contributed by atoms with Gasteiger partial charge in [0.2, 0.25) is 5.91 Å². The lowest BCUT2D eigenvalue weighted by Gasteiger charge is -2.37. The molecule has 0 aromatic heterocycles. The number of nitrogens with two attached hydrogens (primary N) is 1. The van der Waals surface area contributed by atoms with Crippen molar-refractivity contribution in [3.8, 4) is 0 Å². The van der Waals surface area contributed by atoms with Crippen LogP contribution in [-0.2, 0) is 4.79 Å². The summed E-state index contributed by atoms with van der Waals surface area (Å²) in [6.45, 7) is 4.98. The van der Waals surface area contributed by atoms with Gasteiger partial charge in [-0.2, -0.15) is 0 Å². The van der Waals surface area contributed by atoms with Gasteiger partial charge in [0.05, 0.1) is 5.54 Å². The molecule has 0 aromatic rings. The predicted octanol–water partition coefficient (Wildman–Crippen LogP) is 2.29. The van der Waals surface area contributed by atoms with Crippen LogP contribution in [0.1, 0.15) is 58.8 Å². The Bertz CT molecular complexity index is 286. The molecule has 98 valence electrons. The smallest absolute Gasteiger partial charge is 0.242 e.